The fraction of sp³-hybridized carbons (Fsp3) is 0.600. The summed E-state index contributed by atoms with van der Waals surface area (Å²) in [6.07, 6.45) is 1.07. The van der Waals surface area contributed by atoms with E-state index in [1.54, 1.807) is 5.10 Å². The summed E-state index contributed by atoms with van der Waals surface area (Å²) < 4.78 is 50.2. The van der Waals surface area contributed by atoms with Gasteiger partial charge in [0.2, 0.25) is 0 Å². The van der Waals surface area contributed by atoms with Crippen LogP contribution in [0.4, 0.5) is 18.9 Å². The van der Waals surface area contributed by atoms with Gasteiger partial charge in [0.1, 0.15) is 5.56 Å². The minimum Gasteiger partial charge on any atom is -0.392 e. The average molecular weight is 363 g/mol. The largest absolute Gasteiger partial charge is 0.423 e. The zero-order valence-electron chi connectivity index (χ0n) is 13.4. The average Bonchev–Trinajstić information content (AvgIpc) is 2.57. The van der Waals surface area contributed by atoms with Crippen molar-refractivity contribution in [2.75, 3.05) is 25.1 Å². The molecule has 0 radical (unpaired) electrons. The Morgan fingerprint density at radius 3 is 2.96 bits per heavy atom. The molecule has 2 rings (SSSR count). The molecule has 1 fully saturated rings. The summed E-state index contributed by atoms with van der Waals surface area (Å²) in [5, 5.41) is 16.7. The maximum Gasteiger partial charge on any atom is 0.423 e. The molecule has 25 heavy (non-hydrogen) atoms. The summed E-state index contributed by atoms with van der Waals surface area (Å²) in [5.41, 5.74) is -3.16. The van der Waals surface area contributed by atoms with Crippen LogP contribution in [0.5, 0.6) is 0 Å². The second kappa shape index (κ2) is 8.97. The summed E-state index contributed by atoms with van der Waals surface area (Å²) in [6, 6.07) is -0.706. The number of aliphatic hydroxyl groups excluding tert-OH is 1. The third-order valence-corrected chi connectivity index (χ3v) is 3.55. The van der Waals surface area contributed by atoms with E-state index >= 15 is 0 Å². The Morgan fingerprint density at radius 1 is 1.52 bits per heavy atom. The molecule has 1 aliphatic heterocycles. The molecule has 0 aromatic carbocycles. The first-order chi connectivity index (χ1) is 11.9. The third-order valence-electron chi connectivity index (χ3n) is 3.55. The van der Waals surface area contributed by atoms with E-state index in [1.165, 1.54) is 12.2 Å². The summed E-state index contributed by atoms with van der Waals surface area (Å²) >= 11 is 0. The smallest absolute Gasteiger partial charge is 0.392 e. The number of ether oxygens (including phenoxy) is 2. The number of hydrogen-bond acceptors (Lipinski definition) is 6. The van der Waals surface area contributed by atoms with Crippen molar-refractivity contribution in [3.05, 3.63) is 34.3 Å². The Hall–Kier alpha value is -1.91. The number of nitrogens with one attached hydrogen (secondary N) is 2. The van der Waals surface area contributed by atoms with Crippen LogP contribution in [0.25, 0.3) is 0 Å². The van der Waals surface area contributed by atoms with Gasteiger partial charge in [-0.2, -0.15) is 18.3 Å². The van der Waals surface area contributed by atoms with Crippen LogP contribution in [-0.4, -0.2) is 47.5 Å². The second-order valence-corrected chi connectivity index (χ2v) is 5.48. The molecule has 0 saturated carbocycles. The molecule has 10 heteroatoms. The van der Waals surface area contributed by atoms with Crippen LogP contribution in [0.15, 0.2) is 23.1 Å². The van der Waals surface area contributed by atoms with Gasteiger partial charge < -0.3 is 19.9 Å². The van der Waals surface area contributed by atoms with Gasteiger partial charge in [0.25, 0.3) is 5.56 Å². The molecule has 0 spiro atoms. The van der Waals surface area contributed by atoms with E-state index in [-0.39, 0.29) is 13.2 Å². The van der Waals surface area contributed by atoms with Crippen LogP contribution in [0, 0.1) is 0 Å². The summed E-state index contributed by atoms with van der Waals surface area (Å²) in [5.74, 6) is 0. The lowest BCUT2D eigenvalue weighted by Crippen LogP contribution is -2.32. The SMILES string of the molecule is O=c1[nH]ncc(N[C@H](/C=C/CO)COC2CCCCO2)c1C(F)(F)F. The highest BCUT2D eigenvalue weighted by atomic mass is 19.4. The van der Waals surface area contributed by atoms with E-state index in [0.29, 0.717) is 13.0 Å². The van der Waals surface area contributed by atoms with Crippen molar-refractivity contribution < 1.29 is 27.8 Å². The van der Waals surface area contributed by atoms with Gasteiger partial charge in [-0.1, -0.05) is 12.2 Å². The number of anilines is 1. The first-order valence-electron chi connectivity index (χ1n) is 7.84. The molecule has 0 bridgehead atoms. The summed E-state index contributed by atoms with van der Waals surface area (Å²) in [6.45, 7) is 0.300. The van der Waals surface area contributed by atoms with E-state index in [1.807, 2.05) is 0 Å². The van der Waals surface area contributed by atoms with E-state index in [2.05, 4.69) is 10.4 Å². The van der Waals surface area contributed by atoms with Gasteiger partial charge in [-0.05, 0) is 19.3 Å². The minimum absolute atomic E-state index is 0.00522. The Labute approximate surface area is 141 Å². The number of aromatic nitrogens is 2. The molecular weight excluding hydrogens is 343 g/mol. The number of alkyl halides is 3. The monoisotopic (exact) mass is 363 g/mol. The molecule has 1 aromatic rings. The predicted octanol–water partition coefficient (Wildman–Crippen LogP) is 1.66. The molecule has 2 atom stereocenters. The molecular formula is C15H20F3N3O4. The summed E-state index contributed by atoms with van der Waals surface area (Å²) in [4.78, 5) is 11.5. The van der Waals surface area contributed by atoms with E-state index in [9.17, 15) is 18.0 Å². The number of halogens is 3. The maximum absolute atomic E-state index is 13.1. The van der Waals surface area contributed by atoms with E-state index in [0.717, 1.165) is 19.0 Å². The van der Waals surface area contributed by atoms with Gasteiger partial charge in [0, 0.05) is 6.61 Å². The van der Waals surface area contributed by atoms with Gasteiger partial charge in [0.05, 0.1) is 31.1 Å². The van der Waals surface area contributed by atoms with Crippen molar-refractivity contribution in [3.8, 4) is 0 Å². The normalized spacial score (nSPS) is 19.9. The fourth-order valence-electron chi connectivity index (χ4n) is 2.41. The number of nitrogens with zero attached hydrogens (tertiary/aromatic N) is 1. The number of hydrogen-bond donors (Lipinski definition) is 3. The Kier molecular flexibility index (Phi) is 6.97. The van der Waals surface area contributed by atoms with E-state index < -0.39 is 35.3 Å². The maximum atomic E-state index is 13.1. The molecule has 2 heterocycles. The van der Waals surface area contributed by atoms with Crippen molar-refractivity contribution in [1.29, 1.82) is 0 Å². The van der Waals surface area contributed by atoms with E-state index in [4.69, 9.17) is 14.6 Å². The quantitative estimate of drug-likeness (QED) is 0.638. The van der Waals surface area contributed by atoms with Crippen LogP contribution in [0.3, 0.4) is 0 Å². The minimum atomic E-state index is -4.84. The molecule has 1 saturated heterocycles. The molecule has 7 nitrogen and oxygen atoms in total. The van der Waals surface area contributed by atoms with Gasteiger partial charge in [-0.3, -0.25) is 4.79 Å². The highest BCUT2D eigenvalue weighted by Crippen LogP contribution is 2.31. The molecule has 1 aliphatic rings. The van der Waals surface area contributed by atoms with Gasteiger partial charge in [-0.25, -0.2) is 5.10 Å². The number of H-pyrrole nitrogens is 1. The molecule has 0 amide bonds. The highest BCUT2D eigenvalue weighted by molar-refractivity contribution is 5.50. The molecule has 1 aromatic heterocycles. The lowest BCUT2D eigenvalue weighted by atomic mass is 10.2. The van der Waals surface area contributed by atoms with Crippen molar-refractivity contribution in [2.24, 2.45) is 0 Å². The Morgan fingerprint density at radius 2 is 2.32 bits per heavy atom. The Bertz CT molecular complexity index is 627. The molecule has 140 valence electrons. The lowest BCUT2D eigenvalue weighted by molar-refractivity contribution is -0.162. The topological polar surface area (TPSA) is 96.5 Å². The molecule has 1 unspecified atom stereocenters. The first kappa shape index (κ1) is 19.4. The number of rotatable bonds is 7. The van der Waals surface area contributed by atoms with Crippen molar-refractivity contribution in [2.45, 2.75) is 37.8 Å². The van der Waals surface area contributed by atoms with Crippen molar-refractivity contribution in [3.63, 3.8) is 0 Å². The third kappa shape index (κ3) is 5.83. The van der Waals surface area contributed by atoms with Gasteiger partial charge in [-0.15, -0.1) is 0 Å². The standard InChI is InChI=1S/C15H20F3N3O4/c16-15(17,18)13-11(8-19-21-14(13)23)20-10(4-3-6-22)9-25-12-5-1-2-7-24-12/h3-4,8,10,12,22H,1-2,5-7,9H2,(H2,20,21,23)/b4-3+/t10-,12?/m1/s1. The van der Waals surface area contributed by atoms with Crippen LogP contribution >= 0.6 is 0 Å². The number of aliphatic hydroxyl groups is 1. The zero-order chi connectivity index (χ0) is 18.3. The summed E-state index contributed by atoms with van der Waals surface area (Å²) in [7, 11) is 0. The lowest BCUT2D eigenvalue weighted by Gasteiger charge is -2.25. The first-order valence-corrected chi connectivity index (χ1v) is 7.84. The second-order valence-electron chi connectivity index (χ2n) is 5.48. The van der Waals surface area contributed by atoms with Gasteiger partial charge >= 0.3 is 6.18 Å². The highest BCUT2D eigenvalue weighted by Gasteiger charge is 2.37. The van der Waals surface area contributed by atoms with Crippen LogP contribution < -0.4 is 10.9 Å². The van der Waals surface area contributed by atoms with Gasteiger partial charge in [0.15, 0.2) is 6.29 Å². The predicted molar refractivity (Wildman–Crippen MR) is 83.0 cm³/mol. The number of aromatic amines is 1. The fourth-order valence-corrected chi connectivity index (χ4v) is 2.41. The van der Waals surface area contributed by atoms with Crippen LogP contribution in [-0.2, 0) is 15.7 Å². The zero-order valence-corrected chi connectivity index (χ0v) is 13.4. The van der Waals surface area contributed by atoms with Crippen molar-refractivity contribution >= 4 is 5.69 Å². The molecule has 3 N–H and O–H groups in total. The van der Waals surface area contributed by atoms with Crippen LogP contribution in [0.1, 0.15) is 24.8 Å². The molecule has 0 aliphatic carbocycles. The van der Waals surface area contributed by atoms with Crippen LogP contribution in [0.2, 0.25) is 0 Å². The Balaban J connectivity index is 2.12. The van der Waals surface area contributed by atoms with Crippen molar-refractivity contribution in [1.82, 2.24) is 10.2 Å².